The summed E-state index contributed by atoms with van der Waals surface area (Å²) in [5, 5.41) is 9.69. The van der Waals surface area contributed by atoms with Gasteiger partial charge in [0, 0.05) is 25.5 Å². The number of carbonyl (C=O) groups is 1. The molecule has 0 fully saturated rings. The first-order valence-electron chi connectivity index (χ1n) is 6.54. The minimum Gasteiger partial charge on any atom is -0.381 e. The Morgan fingerprint density at radius 3 is 2.67 bits per heavy atom. The van der Waals surface area contributed by atoms with Crippen molar-refractivity contribution in [2.24, 2.45) is 0 Å². The zero-order valence-electron chi connectivity index (χ0n) is 11.5. The molecule has 102 valence electrons. The van der Waals surface area contributed by atoms with Gasteiger partial charge in [0.15, 0.2) is 0 Å². The van der Waals surface area contributed by atoms with E-state index in [-0.39, 0.29) is 5.91 Å². The minimum absolute atomic E-state index is 0.0627. The Kier molecular flexibility index (Phi) is 6.43. The van der Waals surface area contributed by atoms with E-state index in [4.69, 9.17) is 4.74 Å². The summed E-state index contributed by atoms with van der Waals surface area (Å²) in [6.45, 7) is 7.96. The van der Waals surface area contributed by atoms with Crippen LogP contribution in [0.4, 0.5) is 0 Å². The Labute approximate surface area is 108 Å². The predicted molar refractivity (Wildman–Crippen MR) is 70.7 cm³/mol. The number of aromatic amines is 1. The quantitative estimate of drug-likeness (QED) is 0.696. The number of amides is 1. The van der Waals surface area contributed by atoms with Gasteiger partial charge in [-0.05, 0) is 26.7 Å². The van der Waals surface area contributed by atoms with E-state index in [1.165, 1.54) is 0 Å². The minimum atomic E-state index is -0.0627. The van der Waals surface area contributed by atoms with Crippen molar-refractivity contribution in [1.82, 2.24) is 15.5 Å². The van der Waals surface area contributed by atoms with Gasteiger partial charge in [-0.3, -0.25) is 9.89 Å². The first kappa shape index (κ1) is 14.7. The number of unbranched alkanes of at least 4 members (excludes halogenated alkanes) is 1. The van der Waals surface area contributed by atoms with E-state index >= 15 is 0 Å². The van der Waals surface area contributed by atoms with Crippen LogP contribution < -0.4 is 5.32 Å². The van der Waals surface area contributed by atoms with Crippen molar-refractivity contribution in [3.63, 3.8) is 0 Å². The number of carbonyl (C=O) groups excluding carboxylic acids is 1. The largest absolute Gasteiger partial charge is 0.381 e. The van der Waals surface area contributed by atoms with Crippen LogP contribution in [0, 0.1) is 13.8 Å². The highest BCUT2D eigenvalue weighted by Gasteiger charge is 2.14. The lowest BCUT2D eigenvalue weighted by Crippen LogP contribution is -2.26. The summed E-state index contributed by atoms with van der Waals surface area (Å²) >= 11 is 0. The highest BCUT2D eigenvalue weighted by Crippen LogP contribution is 2.08. The molecule has 5 heteroatoms. The van der Waals surface area contributed by atoms with E-state index in [1.807, 2.05) is 13.8 Å². The second kappa shape index (κ2) is 7.87. The van der Waals surface area contributed by atoms with Crippen LogP contribution in [0.5, 0.6) is 0 Å². The van der Waals surface area contributed by atoms with Gasteiger partial charge in [-0.2, -0.15) is 5.10 Å². The number of aromatic nitrogens is 2. The summed E-state index contributed by atoms with van der Waals surface area (Å²) < 4.78 is 5.42. The van der Waals surface area contributed by atoms with Crippen LogP contribution in [0.3, 0.4) is 0 Å². The van der Waals surface area contributed by atoms with Crippen LogP contribution in [0.25, 0.3) is 0 Å². The Balaban J connectivity index is 2.18. The number of rotatable bonds is 8. The number of nitrogens with zero attached hydrogens (tertiary/aromatic N) is 1. The van der Waals surface area contributed by atoms with Gasteiger partial charge in [0.25, 0.3) is 5.91 Å². The fourth-order valence-electron chi connectivity index (χ4n) is 1.70. The third kappa shape index (κ3) is 4.49. The lowest BCUT2D eigenvalue weighted by molar-refractivity contribution is 0.0939. The third-order valence-corrected chi connectivity index (χ3v) is 2.75. The van der Waals surface area contributed by atoms with Gasteiger partial charge in [0.2, 0.25) is 0 Å². The van der Waals surface area contributed by atoms with E-state index in [0.29, 0.717) is 18.7 Å². The summed E-state index contributed by atoms with van der Waals surface area (Å²) in [7, 11) is 0. The van der Waals surface area contributed by atoms with Gasteiger partial charge in [-0.1, -0.05) is 13.3 Å². The van der Waals surface area contributed by atoms with E-state index in [9.17, 15) is 4.79 Å². The van der Waals surface area contributed by atoms with Gasteiger partial charge in [-0.25, -0.2) is 0 Å². The summed E-state index contributed by atoms with van der Waals surface area (Å²) in [4.78, 5) is 11.9. The Hall–Kier alpha value is -1.36. The summed E-state index contributed by atoms with van der Waals surface area (Å²) in [5.41, 5.74) is 2.20. The molecule has 0 aromatic carbocycles. The topological polar surface area (TPSA) is 67.0 Å². The van der Waals surface area contributed by atoms with Crippen molar-refractivity contribution in [2.45, 2.75) is 40.0 Å². The fraction of sp³-hybridized carbons (Fsp3) is 0.692. The molecule has 1 aromatic heterocycles. The molecule has 0 atom stereocenters. The fourth-order valence-corrected chi connectivity index (χ4v) is 1.70. The zero-order chi connectivity index (χ0) is 13.4. The lowest BCUT2D eigenvalue weighted by Gasteiger charge is -2.06. The molecule has 1 amide bonds. The molecule has 0 aliphatic heterocycles. The number of ether oxygens (including phenoxy) is 1. The van der Waals surface area contributed by atoms with Gasteiger partial charge in [0.05, 0.1) is 11.3 Å². The summed E-state index contributed by atoms with van der Waals surface area (Å²) in [6, 6.07) is 0. The van der Waals surface area contributed by atoms with Crippen molar-refractivity contribution in [2.75, 3.05) is 19.8 Å². The van der Waals surface area contributed by atoms with E-state index in [0.717, 1.165) is 37.3 Å². The molecule has 0 aliphatic rings. The molecule has 0 saturated heterocycles. The molecular formula is C13H23N3O2. The molecule has 0 radical (unpaired) electrons. The molecule has 1 aromatic rings. The average Bonchev–Trinajstić information content (AvgIpc) is 2.68. The number of nitrogens with one attached hydrogen (secondary N) is 2. The molecule has 0 aliphatic carbocycles. The second-order valence-electron chi connectivity index (χ2n) is 4.38. The smallest absolute Gasteiger partial charge is 0.255 e. The van der Waals surface area contributed by atoms with Crippen LogP contribution in [-0.4, -0.2) is 35.9 Å². The van der Waals surface area contributed by atoms with E-state index < -0.39 is 0 Å². The number of hydrogen-bond donors (Lipinski definition) is 2. The molecule has 0 spiro atoms. The van der Waals surface area contributed by atoms with Gasteiger partial charge in [-0.15, -0.1) is 0 Å². The molecule has 1 rings (SSSR count). The SMILES string of the molecule is CCCCOCCCNC(=O)c1c(C)n[nH]c1C. The molecule has 0 saturated carbocycles. The molecule has 0 bridgehead atoms. The standard InChI is InChI=1S/C13H23N3O2/c1-4-5-8-18-9-6-7-14-13(17)12-10(2)15-16-11(12)3/h4-9H2,1-3H3,(H,14,17)(H,15,16). The van der Waals surface area contributed by atoms with Gasteiger partial charge < -0.3 is 10.1 Å². The Morgan fingerprint density at radius 1 is 1.33 bits per heavy atom. The van der Waals surface area contributed by atoms with Crippen molar-refractivity contribution in [1.29, 1.82) is 0 Å². The number of aryl methyl sites for hydroxylation is 2. The first-order chi connectivity index (χ1) is 8.66. The maximum atomic E-state index is 11.9. The number of hydrogen-bond acceptors (Lipinski definition) is 3. The lowest BCUT2D eigenvalue weighted by atomic mass is 10.2. The van der Waals surface area contributed by atoms with Crippen molar-refractivity contribution in [3.05, 3.63) is 17.0 Å². The Morgan fingerprint density at radius 2 is 2.06 bits per heavy atom. The first-order valence-corrected chi connectivity index (χ1v) is 6.54. The van der Waals surface area contributed by atoms with Crippen LogP contribution >= 0.6 is 0 Å². The Bertz CT molecular complexity index is 355. The van der Waals surface area contributed by atoms with Gasteiger partial charge >= 0.3 is 0 Å². The molecule has 1 heterocycles. The van der Waals surface area contributed by atoms with Crippen molar-refractivity contribution >= 4 is 5.91 Å². The van der Waals surface area contributed by atoms with E-state index in [1.54, 1.807) is 0 Å². The van der Waals surface area contributed by atoms with Crippen LogP contribution in [0.2, 0.25) is 0 Å². The third-order valence-electron chi connectivity index (χ3n) is 2.75. The van der Waals surface area contributed by atoms with Crippen LogP contribution in [0.1, 0.15) is 47.9 Å². The monoisotopic (exact) mass is 253 g/mol. The molecule has 0 unspecified atom stereocenters. The van der Waals surface area contributed by atoms with Crippen molar-refractivity contribution < 1.29 is 9.53 Å². The molecule has 18 heavy (non-hydrogen) atoms. The molecule has 2 N–H and O–H groups in total. The number of H-pyrrole nitrogens is 1. The summed E-state index contributed by atoms with van der Waals surface area (Å²) in [6.07, 6.45) is 3.08. The maximum absolute atomic E-state index is 11.9. The van der Waals surface area contributed by atoms with Crippen molar-refractivity contribution in [3.8, 4) is 0 Å². The average molecular weight is 253 g/mol. The van der Waals surface area contributed by atoms with Gasteiger partial charge in [0.1, 0.15) is 0 Å². The predicted octanol–water partition coefficient (Wildman–Crippen LogP) is 1.96. The van der Waals surface area contributed by atoms with Crippen LogP contribution in [0.15, 0.2) is 0 Å². The molecule has 5 nitrogen and oxygen atoms in total. The second-order valence-corrected chi connectivity index (χ2v) is 4.38. The molecular weight excluding hydrogens is 230 g/mol. The zero-order valence-corrected chi connectivity index (χ0v) is 11.5. The normalized spacial score (nSPS) is 10.6. The maximum Gasteiger partial charge on any atom is 0.255 e. The highest BCUT2D eigenvalue weighted by molar-refractivity contribution is 5.96. The van der Waals surface area contributed by atoms with E-state index in [2.05, 4.69) is 22.4 Å². The van der Waals surface area contributed by atoms with Crippen LogP contribution in [-0.2, 0) is 4.74 Å². The highest BCUT2D eigenvalue weighted by atomic mass is 16.5. The summed E-state index contributed by atoms with van der Waals surface area (Å²) in [5.74, 6) is -0.0627.